The van der Waals surface area contributed by atoms with Crippen LogP contribution >= 0.6 is 15.9 Å². The lowest BCUT2D eigenvalue weighted by Gasteiger charge is -2.36. The number of hydrogen-bond donors (Lipinski definition) is 0. The Bertz CT molecular complexity index is 2130. The molecule has 56 heavy (non-hydrogen) atoms. The summed E-state index contributed by atoms with van der Waals surface area (Å²) < 4.78 is 99.0. The molecule has 0 spiro atoms. The van der Waals surface area contributed by atoms with Crippen molar-refractivity contribution in [2.45, 2.75) is 92.2 Å². The van der Waals surface area contributed by atoms with Crippen molar-refractivity contribution in [1.29, 1.82) is 0 Å². The molecule has 5 aromatic rings. The zero-order chi connectivity index (χ0) is 40.7. The highest BCUT2D eigenvalue weighted by Gasteiger charge is 2.44. The van der Waals surface area contributed by atoms with Gasteiger partial charge in [0.25, 0.3) is 0 Å². The molecule has 302 valence electrons. The van der Waals surface area contributed by atoms with Crippen LogP contribution in [0.5, 0.6) is 23.5 Å². The molecule has 2 bridgehead atoms. The van der Waals surface area contributed by atoms with Gasteiger partial charge in [0, 0.05) is 26.4 Å². The molecule has 2 fully saturated rings. The summed E-state index contributed by atoms with van der Waals surface area (Å²) in [5, 5.41) is 16.9. The van der Waals surface area contributed by atoms with Gasteiger partial charge in [0.15, 0.2) is 5.82 Å². The second-order valence-corrected chi connectivity index (χ2v) is 15.4. The van der Waals surface area contributed by atoms with Crippen LogP contribution in [0.1, 0.15) is 86.6 Å². The molecule has 1 saturated carbocycles. The van der Waals surface area contributed by atoms with Crippen LogP contribution < -0.4 is 14.4 Å². The molecule has 2 aromatic carbocycles. The highest BCUT2D eigenvalue weighted by molar-refractivity contribution is 9.10. The fraction of sp³-hybridized carbons (Fsp3) is 0.514. The number of fused-ring (bicyclic) bond motifs is 2. The molecule has 0 radical (unpaired) electrons. The van der Waals surface area contributed by atoms with Gasteiger partial charge in [0.2, 0.25) is 10.6 Å². The van der Waals surface area contributed by atoms with Crippen molar-refractivity contribution in [2.24, 2.45) is 17.8 Å². The number of rotatable bonds is 9. The summed E-state index contributed by atoms with van der Waals surface area (Å²) in [6, 6.07) is 8.57. The first kappa shape index (κ1) is 41.0. The maximum Gasteiger partial charge on any atom is 0.416 e. The van der Waals surface area contributed by atoms with Gasteiger partial charge in [-0.3, -0.25) is 0 Å². The van der Waals surface area contributed by atoms with E-state index in [9.17, 15) is 26.3 Å². The zero-order valence-corrected chi connectivity index (χ0v) is 33.4. The van der Waals surface area contributed by atoms with E-state index in [2.05, 4.69) is 51.2 Å². The lowest BCUT2D eigenvalue weighted by molar-refractivity contribution is -0.139. The fourth-order valence-corrected chi connectivity index (χ4v) is 7.46. The minimum absolute atomic E-state index is 0.0358. The first-order chi connectivity index (χ1) is 26.3. The molecule has 1 aliphatic carbocycles. The third kappa shape index (κ3) is 9.29. The van der Waals surface area contributed by atoms with E-state index in [1.165, 1.54) is 42.8 Å². The number of anilines is 1. The van der Waals surface area contributed by atoms with E-state index in [1.54, 1.807) is 11.6 Å². The molecule has 4 heterocycles. The van der Waals surface area contributed by atoms with Crippen LogP contribution in [0, 0.1) is 38.5 Å². The summed E-state index contributed by atoms with van der Waals surface area (Å²) in [4.78, 5) is 10.8. The molecular weight excluding hydrogens is 812 g/mol. The highest BCUT2D eigenvalue weighted by atomic mass is 79.9. The molecule has 0 amide bonds. The minimum atomic E-state index is -4.45. The maximum absolute atomic E-state index is 13.4. The third-order valence-corrected chi connectivity index (χ3v) is 10.2. The Hall–Kier alpha value is -4.68. The van der Waals surface area contributed by atoms with Crippen molar-refractivity contribution < 1.29 is 40.2 Å². The average molecular weight is 855 g/mol. The normalized spacial score (nSPS) is 18.4. The van der Waals surface area contributed by atoms with Gasteiger partial charge in [0.1, 0.15) is 11.5 Å². The summed E-state index contributed by atoms with van der Waals surface area (Å²) in [5.41, 5.74) is -1.16. The summed E-state index contributed by atoms with van der Waals surface area (Å²) >= 11 is 3.12. The molecule has 12 nitrogen and oxygen atoms in total. The summed E-state index contributed by atoms with van der Waals surface area (Å²) in [5.74, 6) is 2.71. The highest BCUT2D eigenvalue weighted by Crippen LogP contribution is 2.45. The van der Waals surface area contributed by atoms with Gasteiger partial charge >= 0.3 is 30.4 Å². The van der Waals surface area contributed by atoms with Crippen molar-refractivity contribution in [3.05, 3.63) is 75.1 Å². The third-order valence-electron chi connectivity index (χ3n) is 9.88. The SMILES string of the molecule is Cc1ccc(Oc2nc(Br)nn2C(C)C)cc1C(F)(F)F.Cc1nnc(N2C[C@H]3CC[C@@H](C2)C3Cc2nc(Oc3ccc(C)c(C(F)(F)F)c3)n(C(C)C)n2)o1. The molecule has 3 atom stereocenters. The Labute approximate surface area is 327 Å². The molecule has 1 saturated heterocycles. The molecule has 3 aromatic heterocycles. The number of piperidine rings is 1. The number of hydrogen-bond acceptors (Lipinski definition) is 10. The molecule has 1 aliphatic heterocycles. The van der Waals surface area contributed by atoms with Crippen molar-refractivity contribution in [3.8, 4) is 23.5 Å². The minimum Gasteiger partial charge on any atom is -0.424 e. The zero-order valence-electron chi connectivity index (χ0n) is 31.8. The molecule has 1 unspecified atom stereocenters. The molecule has 7 rings (SSSR count). The van der Waals surface area contributed by atoms with Crippen molar-refractivity contribution in [1.82, 2.24) is 39.7 Å². The van der Waals surface area contributed by atoms with Gasteiger partial charge in [-0.05, 0) is 123 Å². The van der Waals surface area contributed by atoms with Gasteiger partial charge in [-0.2, -0.15) is 41.4 Å². The van der Waals surface area contributed by atoms with Gasteiger partial charge in [-0.25, -0.2) is 9.36 Å². The smallest absolute Gasteiger partial charge is 0.416 e. The molecule has 19 heteroatoms. The predicted molar refractivity (Wildman–Crippen MR) is 196 cm³/mol. The number of aromatic nitrogens is 8. The number of alkyl halides is 6. The quantitative estimate of drug-likeness (QED) is 0.132. The Balaban J connectivity index is 0.000000217. The Morgan fingerprint density at radius 3 is 1.71 bits per heavy atom. The van der Waals surface area contributed by atoms with Gasteiger partial charge in [0.05, 0.1) is 23.2 Å². The second-order valence-electron chi connectivity index (χ2n) is 14.7. The van der Waals surface area contributed by atoms with E-state index >= 15 is 0 Å². The number of ether oxygens (including phenoxy) is 2. The monoisotopic (exact) mass is 853 g/mol. The van der Waals surface area contributed by atoms with Crippen LogP contribution in [0.15, 0.2) is 45.5 Å². The maximum atomic E-state index is 13.4. The fourth-order valence-electron chi connectivity index (χ4n) is 7.13. The topological polar surface area (TPSA) is 122 Å². The van der Waals surface area contributed by atoms with E-state index in [0.717, 1.165) is 38.1 Å². The number of aryl methyl sites for hydroxylation is 3. The first-order valence-corrected chi connectivity index (χ1v) is 18.9. The van der Waals surface area contributed by atoms with Crippen molar-refractivity contribution in [3.63, 3.8) is 0 Å². The van der Waals surface area contributed by atoms with Gasteiger partial charge < -0.3 is 18.8 Å². The van der Waals surface area contributed by atoms with E-state index in [-0.39, 0.29) is 46.7 Å². The average Bonchev–Trinajstić information content (AvgIpc) is 3.87. The number of benzene rings is 2. The van der Waals surface area contributed by atoms with E-state index in [0.29, 0.717) is 46.6 Å². The Morgan fingerprint density at radius 1 is 0.750 bits per heavy atom. The summed E-state index contributed by atoms with van der Waals surface area (Å²) in [7, 11) is 0. The molecule has 0 N–H and O–H groups in total. The van der Waals surface area contributed by atoms with Crippen LogP contribution in [0.2, 0.25) is 0 Å². The van der Waals surface area contributed by atoms with Crippen LogP contribution in [0.3, 0.4) is 0 Å². The van der Waals surface area contributed by atoms with Crippen LogP contribution in [-0.2, 0) is 18.8 Å². The van der Waals surface area contributed by atoms with Crippen molar-refractivity contribution in [2.75, 3.05) is 18.0 Å². The standard InChI is InChI=1S/C24H29F3N6O2.C13H13BrF3N3O/c1-13(2)33-22(35-18-8-5-14(3)20(9-18)24(25,26)27)28-21(31-33)10-19-16-6-7-17(19)12-32(11-16)23-30-29-15(4)34-23;1-7(2)20-12(18-11(14)19-20)21-9-5-4-8(3)10(6-9)13(15,16)17/h5,8-9,13,16-17,19H,6-7,10-12H2,1-4H3;4-7H,1-3H3/t16-,17+,19?;. The first-order valence-electron chi connectivity index (χ1n) is 18.1. The van der Waals surface area contributed by atoms with E-state index in [1.807, 2.05) is 27.7 Å². The Morgan fingerprint density at radius 2 is 1.25 bits per heavy atom. The molecular formula is C37H42BrF6N9O3. The van der Waals surface area contributed by atoms with Crippen molar-refractivity contribution >= 4 is 21.9 Å². The second kappa shape index (κ2) is 16.1. The summed E-state index contributed by atoms with van der Waals surface area (Å²) in [6.45, 7) is 13.9. The van der Waals surface area contributed by atoms with Crippen LogP contribution in [0.25, 0.3) is 0 Å². The van der Waals surface area contributed by atoms with Crippen LogP contribution in [0.4, 0.5) is 32.4 Å². The number of nitrogens with zero attached hydrogens (tertiary/aromatic N) is 9. The largest absolute Gasteiger partial charge is 0.424 e. The Kier molecular flexibility index (Phi) is 11.7. The van der Waals surface area contributed by atoms with E-state index < -0.39 is 23.5 Å². The lowest BCUT2D eigenvalue weighted by atomic mass is 9.82. The van der Waals surface area contributed by atoms with E-state index in [4.69, 9.17) is 13.9 Å². The lowest BCUT2D eigenvalue weighted by Crippen LogP contribution is -2.43. The van der Waals surface area contributed by atoms with Gasteiger partial charge in [-0.15, -0.1) is 10.2 Å². The molecule has 2 aliphatic rings. The number of halogens is 7. The predicted octanol–water partition coefficient (Wildman–Crippen LogP) is 10.1. The summed E-state index contributed by atoms with van der Waals surface area (Å²) in [6.07, 6.45) is -5.93. The van der Waals surface area contributed by atoms with Gasteiger partial charge in [-0.1, -0.05) is 17.2 Å². The van der Waals surface area contributed by atoms with Crippen LogP contribution in [-0.4, -0.2) is 52.8 Å².